The third-order valence-corrected chi connectivity index (χ3v) is 4.04. The minimum absolute atomic E-state index is 0.221. The van der Waals surface area contributed by atoms with Crippen LogP contribution in [0.5, 0.6) is 11.5 Å². The molecule has 1 fully saturated rings. The highest BCUT2D eigenvalue weighted by Crippen LogP contribution is 2.21. The van der Waals surface area contributed by atoms with Crippen molar-refractivity contribution in [1.29, 1.82) is 0 Å². The van der Waals surface area contributed by atoms with E-state index in [-0.39, 0.29) is 24.1 Å². The van der Waals surface area contributed by atoms with Crippen LogP contribution >= 0.6 is 0 Å². The Balaban J connectivity index is 1.51. The molecule has 0 bridgehead atoms. The number of ether oxygens (including phenoxy) is 3. The van der Waals surface area contributed by atoms with Gasteiger partial charge in [-0.1, -0.05) is 30.3 Å². The van der Waals surface area contributed by atoms with E-state index in [0.717, 1.165) is 18.6 Å². The number of benzene rings is 2. The van der Waals surface area contributed by atoms with Gasteiger partial charge >= 0.3 is 5.97 Å². The van der Waals surface area contributed by atoms with Crippen molar-refractivity contribution in [2.45, 2.75) is 31.9 Å². The lowest BCUT2D eigenvalue weighted by atomic mass is 10.2. The summed E-state index contributed by atoms with van der Waals surface area (Å²) in [5.74, 6) is 0.284. The fourth-order valence-electron chi connectivity index (χ4n) is 2.41. The van der Waals surface area contributed by atoms with Crippen LogP contribution in [0.25, 0.3) is 0 Å². The summed E-state index contributed by atoms with van der Waals surface area (Å²) in [6.45, 7) is 2.18. The monoisotopic (exact) mass is 369 g/mol. The fraction of sp³-hybridized carbons (Fsp3) is 0.333. The fourth-order valence-corrected chi connectivity index (χ4v) is 2.41. The van der Waals surface area contributed by atoms with Gasteiger partial charge in [0.05, 0.1) is 0 Å². The van der Waals surface area contributed by atoms with Gasteiger partial charge in [-0.3, -0.25) is 4.79 Å². The van der Waals surface area contributed by atoms with Gasteiger partial charge in [0, 0.05) is 6.04 Å². The number of amides is 1. The first kappa shape index (κ1) is 18.8. The molecular weight excluding hydrogens is 346 g/mol. The molecule has 6 nitrogen and oxygen atoms in total. The Morgan fingerprint density at radius 1 is 1.00 bits per heavy atom. The maximum absolute atomic E-state index is 12.4. The number of carbonyl (C=O) groups is 2. The van der Waals surface area contributed by atoms with Gasteiger partial charge in [0.1, 0.15) is 30.3 Å². The number of hydrogen-bond acceptors (Lipinski definition) is 5. The average molecular weight is 369 g/mol. The second-order valence-electron chi connectivity index (χ2n) is 6.34. The summed E-state index contributed by atoms with van der Waals surface area (Å²) in [6.07, 6.45) is 1.11. The molecule has 1 atom stereocenters. The minimum atomic E-state index is -0.854. The van der Waals surface area contributed by atoms with Gasteiger partial charge in [0.15, 0.2) is 6.10 Å². The summed E-state index contributed by atoms with van der Waals surface area (Å²) >= 11 is 0. The summed E-state index contributed by atoms with van der Waals surface area (Å²) in [7, 11) is 0. The standard InChI is InChI=1S/C21H23NO5/c1-15(20(23)22-16-11-12-16)27-21(24)18-9-5-6-10-19(18)26-14-13-25-17-7-3-2-4-8-17/h2-10,15-16H,11-14H2,1H3,(H,22,23)/t15-/m1/s1. The van der Waals surface area contributed by atoms with Crippen LogP contribution in [0.15, 0.2) is 54.6 Å². The van der Waals surface area contributed by atoms with Crippen LogP contribution in [0.2, 0.25) is 0 Å². The number of nitrogens with one attached hydrogen (secondary N) is 1. The first-order valence-electron chi connectivity index (χ1n) is 9.04. The molecule has 3 rings (SSSR count). The number of carbonyl (C=O) groups excluding carboxylic acids is 2. The van der Waals surface area contributed by atoms with E-state index < -0.39 is 12.1 Å². The maximum Gasteiger partial charge on any atom is 0.342 e. The van der Waals surface area contributed by atoms with E-state index in [9.17, 15) is 9.59 Å². The topological polar surface area (TPSA) is 73.9 Å². The summed E-state index contributed by atoms with van der Waals surface area (Å²) in [5, 5.41) is 2.82. The molecule has 1 amide bonds. The van der Waals surface area contributed by atoms with E-state index in [2.05, 4.69) is 5.32 Å². The van der Waals surface area contributed by atoms with E-state index >= 15 is 0 Å². The van der Waals surface area contributed by atoms with Gasteiger partial charge in [-0.25, -0.2) is 4.79 Å². The summed E-state index contributed by atoms with van der Waals surface area (Å²) in [4.78, 5) is 24.4. The summed E-state index contributed by atoms with van der Waals surface area (Å²) in [6, 6.07) is 16.4. The van der Waals surface area contributed by atoms with Crippen molar-refractivity contribution in [1.82, 2.24) is 5.32 Å². The molecule has 0 radical (unpaired) electrons. The Morgan fingerprint density at radius 3 is 2.41 bits per heavy atom. The Morgan fingerprint density at radius 2 is 1.67 bits per heavy atom. The average Bonchev–Trinajstić information content (AvgIpc) is 3.50. The summed E-state index contributed by atoms with van der Waals surface area (Å²) < 4.78 is 16.5. The highest BCUT2D eigenvalue weighted by Gasteiger charge is 2.27. The number of esters is 1. The lowest BCUT2D eigenvalue weighted by Gasteiger charge is -2.15. The Kier molecular flexibility index (Phi) is 6.30. The number of hydrogen-bond donors (Lipinski definition) is 1. The van der Waals surface area contributed by atoms with Crippen molar-refractivity contribution in [3.8, 4) is 11.5 Å². The SMILES string of the molecule is C[C@@H](OC(=O)c1ccccc1OCCOc1ccccc1)C(=O)NC1CC1. The molecule has 1 aliphatic carbocycles. The van der Waals surface area contributed by atoms with Crippen molar-refractivity contribution >= 4 is 11.9 Å². The molecule has 27 heavy (non-hydrogen) atoms. The molecule has 0 heterocycles. The van der Waals surface area contributed by atoms with E-state index in [4.69, 9.17) is 14.2 Å². The summed E-state index contributed by atoms with van der Waals surface area (Å²) in [5.41, 5.74) is 0.281. The lowest BCUT2D eigenvalue weighted by molar-refractivity contribution is -0.129. The highest BCUT2D eigenvalue weighted by molar-refractivity contribution is 5.94. The van der Waals surface area contributed by atoms with Gasteiger partial charge in [0.25, 0.3) is 5.91 Å². The molecule has 0 saturated heterocycles. The van der Waals surface area contributed by atoms with Gasteiger partial charge in [-0.15, -0.1) is 0 Å². The van der Waals surface area contributed by atoms with Crippen LogP contribution < -0.4 is 14.8 Å². The molecule has 1 saturated carbocycles. The molecule has 2 aromatic carbocycles. The molecule has 0 unspecified atom stereocenters. The molecule has 0 aliphatic heterocycles. The van der Waals surface area contributed by atoms with E-state index in [1.54, 1.807) is 31.2 Å². The van der Waals surface area contributed by atoms with Gasteiger partial charge in [-0.05, 0) is 44.0 Å². The van der Waals surface area contributed by atoms with Crippen molar-refractivity contribution in [2.24, 2.45) is 0 Å². The van der Waals surface area contributed by atoms with E-state index in [1.807, 2.05) is 30.3 Å². The van der Waals surface area contributed by atoms with Crippen molar-refractivity contribution in [3.05, 3.63) is 60.2 Å². The van der Waals surface area contributed by atoms with Crippen LogP contribution in [-0.4, -0.2) is 37.2 Å². The molecular formula is C21H23NO5. The Labute approximate surface area is 158 Å². The third-order valence-electron chi connectivity index (χ3n) is 4.04. The van der Waals surface area contributed by atoms with Gasteiger partial charge in [-0.2, -0.15) is 0 Å². The molecule has 0 spiro atoms. The predicted octanol–water partition coefficient (Wildman–Crippen LogP) is 2.97. The van der Waals surface area contributed by atoms with Gasteiger partial charge in [0.2, 0.25) is 0 Å². The highest BCUT2D eigenvalue weighted by atomic mass is 16.6. The number of rotatable bonds is 9. The molecule has 142 valence electrons. The first-order valence-corrected chi connectivity index (χ1v) is 9.04. The molecule has 1 aliphatic rings. The van der Waals surface area contributed by atoms with Crippen molar-refractivity contribution in [2.75, 3.05) is 13.2 Å². The van der Waals surface area contributed by atoms with E-state index in [0.29, 0.717) is 12.4 Å². The van der Waals surface area contributed by atoms with E-state index in [1.165, 1.54) is 0 Å². The van der Waals surface area contributed by atoms with Crippen LogP contribution in [0, 0.1) is 0 Å². The first-order chi connectivity index (χ1) is 13.1. The maximum atomic E-state index is 12.4. The second-order valence-corrected chi connectivity index (χ2v) is 6.34. The molecule has 0 aromatic heterocycles. The zero-order valence-corrected chi connectivity index (χ0v) is 15.2. The predicted molar refractivity (Wildman–Crippen MR) is 99.9 cm³/mol. The second kappa shape index (κ2) is 9.07. The Bertz CT molecular complexity index is 773. The third kappa shape index (κ3) is 5.74. The van der Waals surface area contributed by atoms with Crippen molar-refractivity contribution < 1.29 is 23.8 Å². The Hall–Kier alpha value is -3.02. The van der Waals surface area contributed by atoms with Crippen LogP contribution in [0.3, 0.4) is 0 Å². The van der Waals surface area contributed by atoms with Crippen molar-refractivity contribution in [3.63, 3.8) is 0 Å². The lowest BCUT2D eigenvalue weighted by Crippen LogP contribution is -2.37. The normalized spacial score (nSPS) is 14.1. The smallest absolute Gasteiger partial charge is 0.342 e. The van der Waals surface area contributed by atoms with Crippen LogP contribution in [0.4, 0.5) is 0 Å². The largest absolute Gasteiger partial charge is 0.490 e. The number of para-hydroxylation sites is 2. The zero-order chi connectivity index (χ0) is 19.1. The van der Waals surface area contributed by atoms with Gasteiger partial charge < -0.3 is 19.5 Å². The quantitative estimate of drug-likeness (QED) is 0.543. The van der Waals surface area contributed by atoms with Crippen LogP contribution in [-0.2, 0) is 9.53 Å². The van der Waals surface area contributed by atoms with Crippen LogP contribution in [0.1, 0.15) is 30.1 Å². The zero-order valence-electron chi connectivity index (χ0n) is 15.2. The molecule has 2 aromatic rings. The molecule has 1 N–H and O–H groups in total. The molecule has 6 heteroatoms. The minimum Gasteiger partial charge on any atom is -0.490 e.